The van der Waals surface area contributed by atoms with Crippen LogP contribution in [-0.2, 0) is 14.4 Å². The molecule has 0 bridgehead atoms. The number of nitrogens with zero attached hydrogens (tertiary/aromatic N) is 2. The van der Waals surface area contributed by atoms with E-state index in [0.717, 1.165) is 0 Å². The number of nitrogens with one attached hydrogen (secondary N) is 2. The molecule has 1 unspecified atom stereocenters. The van der Waals surface area contributed by atoms with Crippen molar-refractivity contribution in [1.82, 2.24) is 15.3 Å². The van der Waals surface area contributed by atoms with Crippen LogP contribution in [0.2, 0.25) is 0 Å². The summed E-state index contributed by atoms with van der Waals surface area (Å²) in [6.45, 7) is 3.16. The maximum Gasteiger partial charge on any atom is 0.346 e. The number of hydrogen-bond acceptors (Lipinski definition) is 10. The van der Waals surface area contributed by atoms with E-state index in [1.54, 1.807) is 38.1 Å². The van der Waals surface area contributed by atoms with Gasteiger partial charge < -0.3 is 34.5 Å². The molecule has 3 aromatic rings. The lowest BCUT2D eigenvalue weighted by Crippen LogP contribution is -2.40. The number of methoxy groups -OCH3 is 2. The van der Waals surface area contributed by atoms with Gasteiger partial charge >= 0.3 is 5.97 Å². The highest BCUT2D eigenvalue weighted by Crippen LogP contribution is 2.32. The van der Waals surface area contributed by atoms with Gasteiger partial charge in [-0.15, -0.1) is 10.1 Å². The van der Waals surface area contributed by atoms with Gasteiger partial charge in [0.05, 0.1) is 32.9 Å². The summed E-state index contributed by atoms with van der Waals surface area (Å²) in [4.78, 5) is 58.6. The van der Waals surface area contributed by atoms with Crippen LogP contribution < -0.4 is 25.1 Å². The van der Waals surface area contributed by atoms with Crippen molar-refractivity contribution < 1.29 is 38.8 Å². The first kappa shape index (κ1) is 30.7. The third kappa shape index (κ3) is 8.06. The summed E-state index contributed by atoms with van der Waals surface area (Å²) < 4.78 is 16.4. The summed E-state index contributed by atoms with van der Waals surface area (Å²) in [6, 6.07) is 6.65. The SMILES string of the molecule is COc1cc(OC)c2c(=O)[nH]c(-c3cc(C)c(OC(CNC(=O)CCCCCO[N+](=O)[O-])C(=O)O)c(C)c3)nc2c1. The second-order valence-corrected chi connectivity index (χ2v) is 9.19. The van der Waals surface area contributed by atoms with Crippen LogP contribution in [0.4, 0.5) is 0 Å². The molecule has 0 aliphatic carbocycles. The lowest BCUT2D eigenvalue weighted by Gasteiger charge is -2.20. The standard InChI is InChI=1S/C27H32N4O10/c1-15-10-17(25-29-19-12-18(38-3)13-20(39-4)23(19)26(33)30-25)11-16(2)24(15)41-21(27(34)35)14-28-22(32)8-6-5-7-9-40-31(36)37/h10-13,21H,5-9,14H2,1-4H3,(H,28,32)(H,34,35)(H,29,30,33). The van der Waals surface area contributed by atoms with Crippen LogP contribution in [0.1, 0.15) is 36.8 Å². The number of carboxylic acid groups (broad SMARTS) is 1. The Kier molecular flexibility index (Phi) is 10.4. The Bertz CT molecular complexity index is 1460. The Morgan fingerprint density at radius 2 is 1.80 bits per heavy atom. The number of unbranched alkanes of at least 4 members (excludes halogenated alkanes) is 2. The number of aromatic amines is 1. The molecule has 0 saturated carbocycles. The summed E-state index contributed by atoms with van der Waals surface area (Å²) in [5.74, 6) is -0.198. The second kappa shape index (κ2) is 14.0. The molecular formula is C27H32N4O10. The molecular weight excluding hydrogens is 540 g/mol. The molecule has 1 amide bonds. The van der Waals surface area contributed by atoms with Crippen LogP contribution in [-0.4, -0.2) is 65.5 Å². The van der Waals surface area contributed by atoms with Crippen LogP contribution in [0, 0.1) is 24.0 Å². The number of H-pyrrole nitrogens is 1. The predicted molar refractivity (Wildman–Crippen MR) is 147 cm³/mol. The Morgan fingerprint density at radius 1 is 1.10 bits per heavy atom. The number of ether oxygens (including phenoxy) is 3. The van der Waals surface area contributed by atoms with Gasteiger partial charge in [0.25, 0.3) is 10.6 Å². The molecule has 0 saturated heterocycles. The number of hydrogen-bond donors (Lipinski definition) is 3. The highest BCUT2D eigenvalue weighted by molar-refractivity contribution is 5.87. The molecule has 0 fully saturated rings. The first-order valence-electron chi connectivity index (χ1n) is 12.7. The van der Waals surface area contributed by atoms with Gasteiger partial charge in [0.2, 0.25) is 12.0 Å². The highest BCUT2D eigenvalue weighted by Gasteiger charge is 2.23. The minimum absolute atomic E-state index is 0.0441. The van der Waals surface area contributed by atoms with Gasteiger partial charge in [-0.2, -0.15) is 0 Å². The van der Waals surface area contributed by atoms with Crippen molar-refractivity contribution in [2.24, 2.45) is 0 Å². The quantitative estimate of drug-likeness (QED) is 0.138. The number of benzene rings is 2. The maximum absolute atomic E-state index is 12.9. The fraction of sp³-hybridized carbons (Fsp3) is 0.407. The molecule has 1 atom stereocenters. The molecule has 1 heterocycles. The van der Waals surface area contributed by atoms with Gasteiger partial charge in [0, 0.05) is 24.1 Å². The average Bonchev–Trinajstić information content (AvgIpc) is 2.92. The van der Waals surface area contributed by atoms with Crippen LogP contribution in [0.5, 0.6) is 17.2 Å². The normalized spacial score (nSPS) is 11.5. The van der Waals surface area contributed by atoms with Gasteiger partial charge in [0.15, 0.2) is 0 Å². The first-order valence-corrected chi connectivity index (χ1v) is 12.7. The van der Waals surface area contributed by atoms with E-state index in [4.69, 9.17) is 14.2 Å². The van der Waals surface area contributed by atoms with Crippen molar-refractivity contribution in [1.29, 1.82) is 0 Å². The number of carbonyl (C=O) groups excluding carboxylic acids is 1. The molecule has 0 aliphatic rings. The van der Waals surface area contributed by atoms with E-state index in [1.807, 2.05) is 0 Å². The maximum atomic E-state index is 12.9. The third-order valence-electron chi connectivity index (χ3n) is 6.20. The summed E-state index contributed by atoms with van der Waals surface area (Å²) in [7, 11) is 2.95. The molecule has 2 aromatic carbocycles. The summed E-state index contributed by atoms with van der Waals surface area (Å²) in [6.07, 6.45) is 0.217. The Balaban J connectivity index is 1.72. The van der Waals surface area contributed by atoms with E-state index in [0.29, 0.717) is 64.5 Å². The molecule has 1 aromatic heterocycles. The lowest BCUT2D eigenvalue weighted by atomic mass is 10.0. The van der Waals surface area contributed by atoms with E-state index in [-0.39, 0.29) is 30.9 Å². The molecule has 0 spiro atoms. The number of fused-ring (bicyclic) bond motifs is 1. The molecule has 0 aliphatic heterocycles. The molecule has 14 nitrogen and oxygen atoms in total. The first-order chi connectivity index (χ1) is 19.5. The summed E-state index contributed by atoms with van der Waals surface area (Å²) in [5.41, 5.74) is 1.76. The smallest absolute Gasteiger partial charge is 0.346 e. The topological polar surface area (TPSA) is 192 Å². The largest absolute Gasteiger partial charge is 0.497 e. The zero-order valence-electron chi connectivity index (χ0n) is 23.1. The zero-order valence-corrected chi connectivity index (χ0v) is 23.1. The summed E-state index contributed by atoms with van der Waals surface area (Å²) in [5, 5.41) is 21.8. The van der Waals surface area contributed by atoms with E-state index in [2.05, 4.69) is 20.1 Å². The average molecular weight is 573 g/mol. The van der Waals surface area contributed by atoms with Crippen molar-refractivity contribution in [2.45, 2.75) is 45.6 Å². The van der Waals surface area contributed by atoms with Crippen molar-refractivity contribution in [3.8, 4) is 28.6 Å². The number of amides is 1. The van der Waals surface area contributed by atoms with Crippen LogP contribution in [0.25, 0.3) is 22.3 Å². The number of carboxylic acids is 1. The van der Waals surface area contributed by atoms with Gasteiger partial charge in [-0.3, -0.25) is 9.59 Å². The van der Waals surface area contributed by atoms with E-state index in [1.165, 1.54) is 14.2 Å². The predicted octanol–water partition coefficient (Wildman–Crippen LogP) is 2.94. The van der Waals surface area contributed by atoms with Crippen molar-refractivity contribution >= 4 is 22.8 Å². The van der Waals surface area contributed by atoms with Gasteiger partial charge in [0.1, 0.15) is 28.5 Å². The summed E-state index contributed by atoms with van der Waals surface area (Å²) >= 11 is 0. The van der Waals surface area contributed by atoms with Crippen LogP contribution in [0.15, 0.2) is 29.1 Å². The monoisotopic (exact) mass is 572 g/mol. The number of rotatable bonds is 15. The number of carbonyl (C=O) groups is 2. The van der Waals surface area contributed by atoms with Crippen molar-refractivity contribution in [2.75, 3.05) is 27.4 Å². The van der Waals surface area contributed by atoms with Crippen molar-refractivity contribution in [3.63, 3.8) is 0 Å². The van der Waals surface area contributed by atoms with Crippen LogP contribution >= 0.6 is 0 Å². The number of aromatic nitrogens is 2. The highest BCUT2D eigenvalue weighted by atomic mass is 16.9. The fourth-order valence-electron chi connectivity index (χ4n) is 4.22. The second-order valence-electron chi connectivity index (χ2n) is 9.19. The lowest BCUT2D eigenvalue weighted by molar-refractivity contribution is -0.757. The Hall–Kier alpha value is -4.88. The zero-order chi connectivity index (χ0) is 30.1. The van der Waals surface area contributed by atoms with E-state index >= 15 is 0 Å². The van der Waals surface area contributed by atoms with Crippen molar-refractivity contribution in [3.05, 3.63) is 55.9 Å². The molecule has 3 N–H and O–H groups in total. The third-order valence-corrected chi connectivity index (χ3v) is 6.20. The minimum atomic E-state index is -1.35. The molecule has 14 heteroatoms. The van der Waals surface area contributed by atoms with Gasteiger partial charge in [-0.05, 0) is 49.9 Å². The molecule has 220 valence electrons. The molecule has 41 heavy (non-hydrogen) atoms. The number of aryl methyl sites for hydroxylation is 2. The van der Waals surface area contributed by atoms with Gasteiger partial charge in [-0.25, -0.2) is 9.78 Å². The fourth-order valence-corrected chi connectivity index (χ4v) is 4.22. The van der Waals surface area contributed by atoms with Gasteiger partial charge in [-0.1, -0.05) is 6.42 Å². The van der Waals surface area contributed by atoms with Crippen LogP contribution in [0.3, 0.4) is 0 Å². The Labute approximate surface area is 234 Å². The number of aliphatic carboxylic acids is 1. The molecule has 0 radical (unpaired) electrons. The molecule has 3 rings (SSSR count). The Morgan fingerprint density at radius 3 is 2.41 bits per heavy atom. The van der Waals surface area contributed by atoms with E-state index in [9.17, 15) is 29.6 Å². The van der Waals surface area contributed by atoms with E-state index < -0.39 is 22.7 Å². The minimum Gasteiger partial charge on any atom is -0.497 e.